The van der Waals surface area contributed by atoms with E-state index in [2.05, 4.69) is 58.6 Å². The minimum absolute atomic E-state index is 0.369. The predicted octanol–water partition coefficient (Wildman–Crippen LogP) is 4.11. The van der Waals surface area contributed by atoms with Crippen molar-refractivity contribution in [3.8, 4) is 0 Å². The van der Waals surface area contributed by atoms with Crippen LogP contribution in [0.5, 0.6) is 0 Å². The van der Waals surface area contributed by atoms with E-state index >= 15 is 0 Å². The van der Waals surface area contributed by atoms with Crippen molar-refractivity contribution in [2.75, 3.05) is 0 Å². The summed E-state index contributed by atoms with van der Waals surface area (Å²) in [5, 5.41) is 0. The molecule has 0 saturated heterocycles. The van der Waals surface area contributed by atoms with E-state index < -0.39 is 0 Å². The van der Waals surface area contributed by atoms with Crippen LogP contribution in [0.2, 0.25) is 0 Å². The number of benzene rings is 1. The van der Waals surface area contributed by atoms with E-state index in [1.807, 2.05) is 0 Å². The lowest BCUT2D eigenvalue weighted by molar-refractivity contribution is 0.0849. The van der Waals surface area contributed by atoms with E-state index in [0.717, 1.165) is 12.7 Å². The van der Waals surface area contributed by atoms with Crippen LogP contribution in [0.3, 0.4) is 0 Å². The Bertz CT molecular complexity index is 636. The molecule has 0 aliphatic heterocycles. The molecule has 0 spiro atoms. The summed E-state index contributed by atoms with van der Waals surface area (Å²) < 4.78 is 2.50. The molecule has 0 unspecified atom stereocenters. The molecule has 0 radical (unpaired) electrons. The highest BCUT2D eigenvalue weighted by atomic mass is 79.9. The number of thiophene rings is 1. The first kappa shape index (κ1) is 15.7. The van der Waals surface area contributed by atoms with Crippen LogP contribution in [0.15, 0.2) is 43.1 Å². The lowest BCUT2D eigenvalue weighted by Gasteiger charge is -2.06. The molecule has 20 heavy (non-hydrogen) atoms. The Morgan fingerprint density at radius 2 is 1.55 bits per heavy atom. The zero-order chi connectivity index (χ0) is 14.7. The largest absolute Gasteiger partial charge is 0.279 e. The fourth-order valence-electron chi connectivity index (χ4n) is 1.31. The third-order valence-corrected chi connectivity index (χ3v) is 6.05. The Morgan fingerprint density at radius 3 is 2.10 bits per heavy atom. The highest BCUT2D eigenvalue weighted by Gasteiger charge is 2.13. The second kappa shape index (κ2) is 6.84. The number of carbonyl (C=O) groups excluding carboxylic acids is 2. The van der Waals surface area contributed by atoms with Gasteiger partial charge in [0.15, 0.2) is 0 Å². The molecule has 0 atom stereocenters. The van der Waals surface area contributed by atoms with Crippen LogP contribution in [0.4, 0.5) is 0 Å². The predicted molar refractivity (Wildman–Crippen MR) is 88.8 cm³/mol. The first-order chi connectivity index (χ1) is 9.47. The maximum Gasteiger partial charge on any atom is 0.279 e. The second-order valence-corrected chi connectivity index (χ2v) is 7.79. The van der Waals surface area contributed by atoms with Crippen molar-refractivity contribution in [2.24, 2.45) is 0 Å². The van der Waals surface area contributed by atoms with Crippen molar-refractivity contribution >= 4 is 70.9 Å². The number of halogens is 3. The summed E-state index contributed by atoms with van der Waals surface area (Å²) in [5.74, 6) is -0.743. The van der Waals surface area contributed by atoms with Gasteiger partial charge in [-0.2, -0.15) is 0 Å². The minimum atomic E-state index is -0.375. The fourth-order valence-corrected chi connectivity index (χ4v) is 3.50. The molecule has 8 heteroatoms. The van der Waals surface area contributed by atoms with Gasteiger partial charge in [-0.1, -0.05) is 15.9 Å². The van der Waals surface area contributed by atoms with Gasteiger partial charge >= 0.3 is 0 Å². The number of hydrogen-bond donors (Lipinski definition) is 2. The molecule has 1 aromatic carbocycles. The second-order valence-electron chi connectivity index (χ2n) is 3.65. The Kier molecular flexibility index (Phi) is 5.36. The van der Waals surface area contributed by atoms with Crippen molar-refractivity contribution in [1.29, 1.82) is 0 Å². The van der Waals surface area contributed by atoms with E-state index in [9.17, 15) is 9.59 Å². The van der Waals surface area contributed by atoms with Crippen LogP contribution < -0.4 is 10.9 Å². The Labute approximate surface area is 144 Å². The molecule has 0 bridgehead atoms. The average molecular weight is 483 g/mol. The number of carbonyl (C=O) groups is 2. The molecular weight excluding hydrogens is 476 g/mol. The van der Waals surface area contributed by atoms with Gasteiger partial charge in [0.05, 0.1) is 8.66 Å². The van der Waals surface area contributed by atoms with Crippen molar-refractivity contribution in [3.05, 3.63) is 53.5 Å². The van der Waals surface area contributed by atoms with Gasteiger partial charge in [-0.15, -0.1) is 11.3 Å². The Morgan fingerprint density at radius 1 is 0.950 bits per heavy atom. The van der Waals surface area contributed by atoms with Gasteiger partial charge in [-0.3, -0.25) is 20.4 Å². The minimum Gasteiger partial charge on any atom is -0.267 e. The van der Waals surface area contributed by atoms with Gasteiger partial charge < -0.3 is 0 Å². The molecule has 0 aliphatic carbocycles. The number of amides is 2. The molecule has 0 aliphatic rings. The van der Waals surface area contributed by atoms with Gasteiger partial charge in [-0.05, 0) is 62.2 Å². The summed E-state index contributed by atoms with van der Waals surface area (Å²) >= 11 is 11.2. The van der Waals surface area contributed by atoms with Crippen molar-refractivity contribution in [1.82, 2.24) is 10.9 Å². The summed E-state index contributed by atoms with van der Waals surface area (Å²) in [6.07, 6.45) is 0. The van der Waals surface area contributed by atoms with E-state index in [1.54, 1.807) is 30.3 Å². The third-order valence-electron chi connectivity index (χ3n) is 2.26. The van der Waals surface area contributed by atoms with Crippen molar-refractivity contribution < 1.29 is 9.59 Å². The number of nitrogens with one attached hydrogen (secondary N) is 2. The van der Waals surface area contributed by atoms with Crippen molar-refractivity contribution in [2.45, 2.75) is 0 Å². The Hall–Kier alpha value is -0.700. The van der Waals surface area contributed by atoms with Gasteiger partial charge in [0.1, 0.15) is 0 Å². The lowest BCUT2D eigenvalue weighted by atomic mass is 10.2. The highest BCUT2D eigenvalue weighted by molar-refractivity contribution is 9.13. The molecule has 1 heterocycles. The standard InChI is InChI=1S/C12H7Br3N2O2S/c13-7-3-1-6(2-4-7)11(18)16-17-12(19)9-5-8(14)10(15)20-9/h1-5H,(H,16,18)(H,17,19). The van der Waals surface area contributed by atoms with Crippen LogP contribution in [0.1, 0.15) is 20.0 Å². The normalized spacial score (nSPS) is 10.2. The summed E-state index contributed by atoms with van der Waals surface area (Å²) in [6, 6.07) is 8.50. The molecule has 0 saturated carbocycles. The van der Waals surface area contributed by atoms with Crippen LogP contribution in [0, 0.1) is 0 Å². The lowest BCUT2D eigenvalue weighted by Crippen LogP contribution is -2.41. The van der Waals surface area contributed by atoms with E-state index in [1.165, 1.54) is 11.3 Å². The number of hydrogen-bond acceptors (Lipinski definition) is 3. The van der Waals surface area contributed by atoms with Gasteiger partial charge in [-0.25, -0.2) is 0 Å². The fraction of sp³-hybridized carbons (Fsp3) is 0. The van der Waals surface area contributed by atoms with E-state index in [0.29, 0.717) is 10.4 Å². The smallest absolute Gasteiger partial charge is 0.267 e. The molecule has 0 fully saturated rings. The maximum absolute atomic E-state index is 11.8. The number of rotatable bonds is 2. The summed E-state index contributed by atoms with van der Waals surface area (Å²) in [7, 11) is 0. The molecule has 2 N–H and O–H groups in total. The summed E-state index contributed by atoms with van der Waals surface area (Å²) in [4.78, 5) is 24.1. The monoisotopic (exact) mass is 480 g/mol. The molecule has 104 valence electrons. The zero-order valence-electron chi connectivity index (χ0n) is 9.75. The first-order valence-corrected chi connectivity index (χ1v) is 8.48. The van der Waals surface area contributed by atoms with Gasteiger partial charge in [0, 0.05) is 14.5 Å². The van der Waals surface area contributed by atoms with Crippen LogP contribution >= 0.6 is 59.1 Å². The summed E-state index contributed by atoms with van der Waals surface area (Å²) in [5.41, 5.74) is 5.20. The highest BCUT2D eigenvalue weighted by Crippen LogP contribution is 2.32. The van der Waals surface area contributed by atoms with Gasteiger partial charge in [0.2, 0.25) is 0 Å². The van der Waals surface area contributed by atoms with E-state index in [4.69, 9.17) is 0 Å². The third kappa shape index (κ3) is 3.91. The first-order valence-electron chi connectivity index (χ1n) is 5.28. The molecule has 2 amide bonds. The molecule has 2 rings (SSSR count). The number of hydrazine groups is 1. The Balaban J connectivity index is 1.96. The van der Waals surface area contributed by atoms with Gasteiger partial charge in [0.25, 0.3) is 11.8 Å². The topological polar surface area (TPSA) is 58.2 Å². The quantitative estimate of drug-likeness (QED) is 0.633. The van der Waals surface area contributed by atoms with Crippen molar-refractivity contribution in [3.63, 3.8) is 0 Å². The summed E-state index contributed by atoms with van der Waals surface area (Å²) in [6.45, 7) is 0. The molecule has 1 aromatic heterocycles. The zero-order valence-corrected chi connectivity index (χ0v) is 15.3. The maximum atomic E-state index is 11.8. The molecule has 2 aromatic rings. The van der Waals surface area contributed by atoms with Crippen LogP contribution in [-0.2, 0) is 0 Å². The molecule has 4 nitrogen and oxygen atoms in total. The molecular formula is C12H7Br3N2O2S. The average Bonchev–Trinajstić information content (AvgIpc) is 2.76. The van der Waals surface area contributed by atoms with Crippen LogP contribution in [-0.4, -0.2) is 11.8 Å². The van der Waals surface area contributed by atoms with E-state index in [-0.39, 0.29) is 11.8 Å². The van der Waals surface area contributed by atoms with Crippen LogP contribution in [0.25, 0.3) is 0 Å². The SMILES string of the molecule is O=C(NNC(=O)c1cc(Br)c(Br)s1)c1ccc(Br)cc1.